The SMILES string of the molecule is COc1nnc(Cc2ccco2)cc1Br. The summed E-state index contributed by atoms with van der Waals surface area (Å²) in [6.07, 6.45) is 2.27. The molecule has 0 aliphatic heterocycles. The Morgan fingerprint density at radius 3 is 2.93 bits per heavy atom. The highest BCUT2D eigenvalue weighted by Gasteiger charge is 2.06. The Kier molecular flexibility index (Phi) is 3.01. The summed E-state index contributed by atoms with van der Waals surface area (Å²) in [5.41, 5.74) is 0.831. The van der Waals surface area contributed by atoms with Crippen molar-refractivity contribution < 1.29 is 9.15 Å². The molecule has 0 N–H and O–H groups in total. The third-order valence-corrected chi connectivity index (χ3v) is 2.46. The molecule has 0 saturated carbocycles. The molecule has 2 rings (SSSR count). The van der Waals surface area contributed by atoms with E-state index in [1.165, 1.54) is 0 Å². The van der Waals surface area contributed by atoms with Crippen molar-refractivity contribution in [2.24, 2.45) is 0 Å². The molecule has 4 nitrogen and oxygen atoms in total. The quantitative estimate of drug-likeness (QED) is 0.858. The van der Waals surface area contributed by atoms with Crippen LogP contribution in [-0.4, -0.2) is 17.3 Å². The van der Waals surface area contributed by atoms with Crippen molar-refractivity contribution >= 4 is 15.9 Å². The van der Waals surface area contributed by atoms with Gasteiger partial charge in [0.1, 0.15) is 5.76 Å². The summed E-state index contributed by atoms with van der Waals surface area (Å²) in [5.74, 6) is 1.35. The van der Waals surface area contributed by atoms with Crippen molar-refractivity contribution in [1.82, 2.24) is 10.2 Å². The average Bonchev–Trinajstić information content (AvgIpc) is 2.71. The van der Waals surface area contributed by atoms with Gasteiger partial charge in [0, 0.05) is 0 Å². The van der Waals surface area contributed by atoms with Crippen LogP contribution in [0.15, 0.2) is 33.4 Å². The highest BCUT2D eigenvalue weighted by Crippen LogP contribution is 2.22. The van der Waals surface area contributed by atoms with Crippen molar-refractivity contribution in [3.63, 3.8) is 0 Å². The average molecular weight is 269 g/mol. The van der Waals surface area contributed by atoms with Crippen LogP contribution in [0, 0.1) is 0 Å². The molecular weight excluding hydrogens is 260 g/mol. The maximum absolute atomic E-state index is 5.22. The van der Waals surface area contributed by atoms with Gasteiger partial charge in [-0.3, -0.25) is 0 Å². The van der Waals surface area contributed by atoms with Crippen molar-refractivity contribution in [3.05, 3.63) is 40.4 Å². The minimum absolute atomic E-state index is 0.484. The summed E-state index contributed by atoms with van der Waals surface area (Å²) >= 11 is 3.35. The van der Waals surface area contributed by atoms with Gasteiger partial charge >= 0.3 is 0 Å². The molecule has 0 amide bonds. The molecular formula is C10H9BrN2O2. The van der Waals surface area contributed by atoms with E-state index >= 15 is 0 Å². The minimum atomic E-state index is 0.484. The van der Waals surface area contributed by atoms with E-state index in [0.717, 1.165) is 15.9 Å². The summed E-state index contributed by atoms with van der Waals surface area (Å²) in [6.45, 7) is 0. The van der Waals surface area contributed by atoms with E-state index < -0.39 is 0 Å². The van der Waals surface area contributed by atoms with E-state index in [-0.39, 0.29) is 0 Å². The van der Waals surface area contributed by atoms with Crippen LogP contribution in [0.1, 0.15) is 11.5 Å². The second kappa shape index (κ2) is 4.44. The lowest BCUT2D eigenvalue weighted by Crippen LogP contribution is -1.97. The first-order chi connectivity index (χ1) is 7.29. The molecule has 2 aromatic heterocycles. The van der Waals surface area contributed by atoms with Crippen LogP contribution in [0.25, 0.3) is 0 Å². The lowest BCUT2D eigenvalue weighted by Gasteiger charge is -2.02. The number of aromatic nitrogens is 2. The molecule has 0 spiro atoms. The summed E-state index contributed by atoms with van der Waals surface area (Å²) in [6, 6.07) is 5.62. The Hall–Kier alpha value is -1.36. The van der Waals surface area contributed by atoms with Gasteiger partial charge in [0.2, 0.25) is 5.88 Å². The molecule has 78 valence electrons. The second-order valence-corrected chi connectivity index (χ2v) is 3.80. The van der Waals surface area contributed by atoms with E-state index in [4.69, 9.17) is 9.15 Å². The summed E-state index contributed by atoms with van der Waals surface area (Å²) in [5, 5.41) is 7.94. The molecule has 2 heterocycles. The molecule has 0 saturated heterocycles. The Balaban J connectivity index is 2.20. The van der Waals surface area contributed by atoms with E-state index in [9.17, 15) is 0 Å². The third-order valence-electron chi connectivity index (χ3n) is 1.90. The zero-order valence-electron chi connectivity index (χ0n) is 8.11. The minimum Gasteiger partial charge on any atom is -0.479 e. The van der Waals surface area contributed by atoms with Gasteiger partial charge in [0.25, 0.3) is 0 Å². The van der Waals surface area contributed by atoms with Crippen LogP contribution in [-0.2, 0) is 6.42 Å². The van der Waals surface area contributed by atoms with Crippen LogP contribution in [0.2, 0.25) is 0 Å². The Morgan fingerprint density at radius 1 is 1.47 bits per heavy atom. The topological polar surface area (TPSA) is 48.2 Å². The van der Waals surface area contributed by atoms with Gasteiger partial charge in [-0.15, -0.1) is 5.10 Å². The largest absolute Gasteiger partial charge is 0.479 e. The monoisotopic (exact) mass is 268 g/mol. The summed E-state index contributed by atoms with van der Waals surface area (Å²) in [4.78, 5) is 0. The highest BCUT2D eigenvalue weighted by molar-refractivity contribution is 9.10. The number of halogens is 1. The third kappa shape index (κ3) is 2.36. The van der Waals surface area contributed by atoms with E-state index in [1.54, 1.807) is 13.4 Å². The highest BCUT2D eigenvalue weighted by atomic mass is 79.9. The summed E-state index contributed by atoms with van der Waals surface area (Å²) in [7, 11) is 1.56. The number of furan rings is 1. The van der Waals surface area contributed by atoms with Gasteiger partial charge in [-0.25, -0.2) is 0 Å². The zero-order chi connectivity index (χ0) is 10.7. The van der Waals surface area contributed by atoms with Gasteiger partial charge in [-0.1, -0.05) is 0 Å². The van der Waals surface area contributed by atoms with Crippen molar-refractivity contribution in [2.75, 3.05) is 7.11 Å². The summed E-state index contributed by atoms with van der Waals surface area (Å²) < 4.78 is 11.0. The lowest BCUT2D eigenvalue weighted by atomic mass is 10.2. The molecule has 0 unspecified atom stereocenters. The zero-order valence-corrected chi connectivity index (χ0v) is 9.69. The number of ether oxygens (including phenoxy) is 1. The van der Waals surface area contributed by atoms with Crippen molar-refractivity contribution in [2.45, 2.75) is 6.42 Å². The van der Waals surface area contributed by atoms with Gasteiger partial charge < -0.3 is 9.15 Å². The van der Waals surface area contributed by atoms with Crippen LogP contribution < -0.4 is 4.74 Å². The Labute approximate surface area is 95.4 Å². The predicted molar refractivity (Wildman–Crippen MR) is 57.8 cm³/mol. The number of methoxy groups -OCH3 is 1. The second-order valence-electron chi connectivity index (χ2n) is 2.95. The maximum Gasteiger partial charge on any atom is 0.247 e. The fourth-order valence-electron chi connectivity index (χ4n) is 1.21. The predicted octanol–water partition coefficient (Wildman–Crippen LogP) is 2.43. The molecule has 0 atom stereocenters. The normalized spacial score (nSPS) is 10.3. The number of hydrogen-bond donors (Lipinski definition) is 0. The standard InChI is InChI=1S/C10H9BrN2O2/c1-14-10-9(11)6-7(12-13-10)5-8-3-2-4-15-8/h2-4,6H,5H2,1H3. The van der Waals surface area contributed by atoms with E-state index in [1.807, 2.05) is 18.2 Å². The van der Waals surface area contributed by atoms with E-state index in [2.05, 4.69) is 26.1 Å². The van der Waals surface area contributed by atoms with Gasteiger partial charge in [0.05, 0.1) is 30.0 Å². The van der Waals surface area contributed by atoms with Crippen molar-refractivity contribution in [1.29, 1.82) is 0 Å². The Morgan fingerprint density at radius 2 is 2.33 bits per heavy atom. The van der Waals surface area contributed by atoms with Crippen LogP contribution in [0.5, 0.6) is 5.88 Å². The number of nitrogens with zero attached hydrogens (tertiary/aromatic N) is 2. The Bertz CT molecular complexity index is 443. The van der Waals surface area contributed by atoms with Crippen LogP contribution in [0.3, 0.4) is 0 Å². The van der Waals surface area contributed by atoms with Gasteiger partial charge in [-0.2, -0.15) is 5.10 Å². The number of rotatable bonds is 3. The molecule has 15 heavy (non-hydrogen) atoms. The molecule has 2 aromatic rings. The lowest BCUT2D eigenvalue weighted by molar-refractivity contribution is 0.388. The van der Waals surface area contributed by atoms with Crippen molar-refractivity contribution in [3.8, 4) is 5.88 Å². The number of hydrogen-bond acceptors (Lipinski definition) is 4. The fraction of sp³-hybridized carbons (Fsp3) is 0.200. The first-order valence-electron chi connectivity index (χ1n) is 4.38. The first kappa shape index (κ1) is 10.2. The molecule has 0 aliphatic rings. The fourth-order valence-corrected chi connectivity index (χ4v) is 1.72. The molecule has 0 radical (unpaired) electrons. The van der Waals surface area contributed by atoms with Crippen LogP contribution in [0.4, 0.5) is 0 Å². The van der Waals surface area contributed by atoms with Crippen LogP contribution >= 0.6 is 15.9 Å². The molecule has 0 aliphatic carbocycles. The maximum atomic E-state index is 5.22. The van der Waals surface area contributed by atoms with E-state index in [0.29, 0.717) is 12.3 Å². The van der Waals surface area contributed by atoms with Gasteiger partial charge in [-0.05, 0) is 34.1 Å². The molecule has 5 heteroatoms. The smallest absolute Gasteiger partial charge is 0.247 e. The molecule has 0 aromatic carbocycles. The molecule has 0 fully saturated rings. The molecule has 0 bridgehead atoms. The first-order valence-corrected chi connectivity index (χ1v) is 5.17. The van der Waals surface area contributed by atoms with Gasteiger partial charge in [0.15, 0.2) is 0 Å².